The molecule has 0 fully saturated rings. The smallest absolute Gasteiger partial charge is 0.279 e. The van der Waals surface area contributed by atoms with Crippen LogP contribution in [0, 0.1) is 12.7 Å². The molecule has 1 amide bonds. The second kappa shape index (κ2) is 8.29. The largest absolute Gasteiger partial charge is 0.487 e. The molecule has 0 aliphatic carbocycles. The summed E-state index contributed by atoms with van der Waals surface area (Å²) in [6, 6.07) is 13.7. The zero-order valence-corrected chi connectivity index (χ0v) is 13.4. The summed E-state index contributed by atoms with van der Waals surface area (Å²) in [6.45, 7) is 3.53. The lowest BCUT2D eigenvalue weighted by Crippen LogP contribution is -3.10. The van der Waals surface area contributed by atoms with E-state index in [1.165, 1.54) is 12.1 Å². The van der Waals surface area contributed by atoms with E-state index >= 15 is 0 Å². The summed E-state index contributed by atoms with van der Waals surface area (Å²) >= 11 is 0. The van der Waals surface area contributed by atoms with Crippen molar-refractivity contribution in [3.05, 3.63) is 59.9 Å². The molecule has 0 saturated carbocycles. The van der Waals surface area contributed by atoms with Crippen LogP contribution < -0.4 is 15.0 Å². The van der Waals surface area contributed by atoms with E-state index < -0.39 is 0 Å². The number of para-hydroxylation sites is 1. The van der Waals surface area contributed by atoms with Gasteiger partial charge in [-0.3, -0.25) is 4.79 Å². The van der Waals surface area contributed by atoms with Crippen LogP contribution >= 0.6 is 0 Å². The van der Waals surface area contributed by atoms with Gasteiger partial charge in [-0.25, -0.2) is 4.39 Å². The number of carbonyl (C=O) groups is 1. The molecule has 1 unspecified atom stereocenters. The zero-order chi connectivity index (χ0) is 16.7. The Bertz CT molecular complexity index is 661. The van der Waals surface area contributed by atoms with Crippen molar-refractivity contribution in [3.8, 4) is 5.75 Å². The topological polar surface area (TPSA) is 42.8 Å². The lowest BCUT2D eigenvalue weighted by molar-refractivity contribution is -0.871. The van der Waals surface area contributed by atoms with Gasteiger partial charge >= 0.3 is 0 Å². The normalized spacial score (nSPS) is 11.8. The van der Waals surface area contributed by atoms with Crippen molar-refractivity contribution in [3.63, 3.8) is 0 Å². The number of nitrogens with one attached hydrogen (secondary N) is 2. The van der Waals surface area contributed by atoms with Crippen molar-refractivity contribution in [2.45, 2.75) is 6.92 Å². The summed E-state index contributed by atoms with van der Waals surface area (Å²) in [6.07, 6.45) is 0. The fourth-order valence-corrected chi connectivity index (χ4v) is 2.19. The Morgan fingerprint density at radius 2 is 2.00 bits per heavy atom. The molecule has 4 nitrogen and oxygen atoms in total. The molecule has 23 heavy (non-hydrogen) atoms. The van der Waals surface area contributed by atoms with E-state index in [-0.39, 0.29) is 11.7 Å². The highest BCUT2D eigenvalue weighted by Gasteiger charge is 2.11. The summed E-state index contributed by atoms with van der Waals surface area (Å²) in [5.41, 5.74) is 1.56. The van der Waals surface area contributed by atoms with Gasteiger partial charge in [0.15, 0.2) is 6.54 Å². The molecule has 2 aromatic carbocycles. The number of likely N-dealkylation sites (N-methyl/N-ethyl adjacent to an activating group) is 1. The zero-order valence-electron chi connectivity index (χ0n) is 13.4. The van der Waals surface area contributed by atoms with Crippen molar-refractivity contribution < 1.29 is 18.8 Å². The number of aryl methyl sites for hydroxylation is 1. The Kier molecular flexibility index (Phi) is 6.11. The second-order valence-corrected chi connectivity index (χ2v) is 5.56. The van der Waals surface area contributed by atoms with Crippen LogP contribution in [0.2, 0.25) is 0 Å². The third-order valence-corrected chi connectivity index (χ3v) is 3.45. The van der Waals surface area contributed by atoms with E-state index in [4.69, 9.17) is 4.74 Å². The number of anilines is 1. The van der Waals surface area contributed by atoms with E-state index in [1.54, 1.807) is 12.1 Å². The summed E-state index contributed by atoms with van der Waals surface area (Å²) in [7, 11) is 1.92. The Hall–Kier alpha value is -2.40. The molecule has 0 aromatic heterocycles. The molecule has 0 bridgehead atoms. The molecule has 2 aromatic rings. The first-order valence-electron chi connectivity index (χ1n) is 7.60. The molecule has 1 atom stereocenters. The number of rotatable bonds is 7. The van der Waals surface area contributed by atoms with Gasteiger partial charge in [-0.15, -0.1) is 0 Å². The molecule has 122 valence electrons. The quantitative estimate of drug-likeness (QED) is 0.816. The van der Waals surface area contributed by atoms with Gasteiger partial charge in [-0.2, -0.15) is 0 Å². The number of benzene rings is 2. The molecule has 0 spiro atoms. The fourth-order valence-electron chi connectivity index (χ4n) is 2.19. The van der Waals surface area contributed by atoms with Crippen molar-refractivity contribution in [1.82, 2.24) is 0 Å². The molecular formula is C18H22FN2O2+. The molecular weight excluding hydrogens is 295 g/mol. The SMILES string of the molecule is Cc1ccccc1OCC[NH+](C)CC(=O)Nc1cccc(F)c1. The molecule has 0 aliphatic heterocycles. The first-order chi connectivity index (χ1) is 11.0. The highest BCUT2D eigenvalue weighted by Crippen LogP contribution is 2.15. The maximum absolute atomic E-state index is 13.1. The number of ether oxygens (including phenoxy) is 1. The van der Waals surface area contributed by atoms with Crippen LogP contribution in [0.4, 0.5) is 10.1 Å². The minimum Gasteiger partial charge on any atom is -0.487 e. The Balaban J connectivity index is 1.73. The average Bonchev–Trinajstić information content (AvgIpc) is 2.49. The molecule has 5 heteroatoms. The summed E-state index contributed by atoms with van der Waals surface area (Å²) in [5.74, 6) is 0.351. The predicted molar refractivity (Wildman–Crippen MR) is 88.3 cm³/mol. The van der Waals surface area contributed by atoms with Gasteiger partial charge in [0.1, 0.15) is 24.7 Å². The van der Waals surface area contributed by atoms with Crippen LogP contribution in [0.5, 0.6) is 5.75 Å². The van der Waals surface area contributed by atoms with Gasteiger partial charge in [0.25, 0.3) is 5.91 Å². The van der Waals surface area contributed by atoms with Gasteiger partial charge < -0.3 is 15.0 Å². The summed E-state index contributed by atoms with van der Waals surface area (Å²) in [5, 5.41) is 2.69. The van der Waals surface area contributed by atoms with Gasteiger partial charge in [-0.1, -0.05) is 24.3 Å². The minimum atomic E-state index is -0.366. The van der Waals surface area contributed by atoms with Crippen molar-refractivity contribution in [1.29, 1.82) is 0 Å². The number of hydrogen-bond acceptors (Lipinski definition) is 2. The van der Waals surface area contributed by atoms with Crippen LogP contribution in [0.1, 0.15) is 5.56 Å². The summed E-state index contributed by atoms with van der Waals surface area (Å²) in [4.78, 5) is 12.9. The third-order valence-electron chi connectivity index (χ3n) is 3.45. The Morgan fingerprint density at radius 1 is 1.22 bits per heavy atom. The van der Waals surface area contributed by atoms with Crippen molar-refractivity contribution in [2.75, 3.05) is 32.1 Å². The van der Waals surface area contributed by atoms with E-state index in [9.17, 15) is 9.18 Å². The number of quaternary nitrogens is 1. The number of hydrogen-bond donors (Lipinski definition) is 2. The van der Waals surface area contributed by atoms with Crippen LogP contribution in [0.25, 0.3) is 0 Å². The summed E-state index contributed by atoms with van der Waals surface area (Å²) < 4.78 is 18.8. The fraction of sp³-hybridized carbons (Fsp3) is 0.278. The van der Waals surface area contributed by atoms with Crippen LogP contribution in [-0.2, 0) is 4.79 Å². The monoisotopic (exact) mass is 317 g/mol. The molecule has 0 saturated heterocycles. The number of carbonyl (C=O) groups excluding carboxylic acids is 1. The lowest BCUT2D eigenvalue weighted by atomic mass is 10.2. The lowest BCUT2D eigenvalue weighted by Gasteiger charge is -2.15. The van der Waals surface area contributed by atoms with Crippen molar-refractivity contribution in [2.24, 2.45) is 0 Å². The predicted octanol–water partition coefficient (Wildman–Crippen LogP) is 1.67. The van der Waals surface area contributed by atoms with E-state index in [0.29, 0.717) is 25.4 Å². The van der Waals surface area contributed by atoms with Crippen LogP contribution in [0.3, 0.4) is 0 Å². The number of halogens is 1. The standard InChI is InChI=1S/C18H21FN2O2/c1-14-6-3-4-9-17(14)23-11-10-21(2)13-18(22)20-16-8-5-7-15(19)12-16/h3-9,12H,10-11,13H2,1-2H3,(H,20,22)/p+1. The van der Waals surface area contributed by atoms with Gasteiger partial charge in [0.2, 0.25) is 0 Å². The van der Waals surface area contributed by atoms with E-state index in [0.717, 1.165) is 16.2 Å². The van der Waals surface area contributed by atoms with Crippen LogP contribution in [0.15, 0.2) is 48.5 Å². The maximum atomic E-state index is 13.1. The highest BCUT2D eigenvalue weighted by molar-refractivity contribution is 5.91. The van der Waals surface area contributed by atoms with Gasteiger partial charge in [-0.05, 0) is 36.8 Å². The molecule has 0 aliphatic rings. The first kappa shape index (κ1) is 17.0. The second-order valence-electron chi connectivity index (χ2n) is 5.56. The van der Waals surface area contributed by atoms with Crippen molar-refractivity contribution >= 4 is 11.6 Å². The molecule has 2 N–H and O–H groups in total. The third kappa shape index (κ3) is 5.71. The molecule has 0 heterocycles. The first-order valence-corrected chi connectivity index (χ1v) is 7.60. The molecule has 0 radical (unpaired) electrons. The molecule has 2 rings (SSSR count). The van der Waals surface area contributed by atoms with Gasteiger partial charge in [0.05, 0.1) is 7.05 Å². The minimum absolute atomic E-state index is 0.149. The van der Waals surface area contributed by atoms with Crippen LogP contribution in [-0.4, -0.2) is 32.7 Å². The highest BCUT2D eigenvalue weighted by atomic mass is 19.1. The Morgan fingerprint density at radius 3 is 2.74 bits per heavy atom. The van der Waals surface area contributed by atoms with E-state index in [2.05, 4.69) is 5.32 Å². The maximum Gasteiger partial charge on any atom is 0.279 e. The average molecular weight is 317 g/mol. The van der Waals surface area contributed by atoms with E-state index in [1.807, 2.05) is 38.2 Å². The number of amides is 1. The van der Waals surface area contributed by atoms with Gasteiger partial charge in [0, 0.05) is 5.69 Å². The Labute approximate surface area is 135 Å².